The predicted octanol–water partition coefficient (Wildman–Crippen LogP) is 4.16. The normalized spacial score (nSPS) is 12.5. The maximum absolute atomic E-state index is 5.92. The zero-order chi connectivity index (χ0) is 13.8. The van der Waals surface area contributed by atoms with E-state index in [-0.39, 0.29) is 12.1 Å². The Hall–Kier alpha value is -1.80. The second-order valence-electron chi connectivity index (χ2n) is 5.11. The molecule has 1 unspecified atom stereocenters. The van der Waals surface area contributed by atoms with E-state index in [4.69, 9.17) is 10.5 Å². The molecule has 0 fully saturated rings. The minimum atomic E-state index is 0.0588. The topological polar surface area (TPSA) is 35.2 Å². The summed E-state index contributed by atoms with van der Waals surface area (Å²) in [7, 11) is 0. The van der Waals surface area contributed by atoms with Crippen LogP contribution in [0.3, 0.4) is 0 Å². The van der Waals surface area contributed by atoms with Crippen LogP contribution in [-0.4, -0.2) is 6.10 Å². The van der Waals surface area contributed by atoms with Gasteiger partial charge < -0.3 is 10.5 Å². The molecule has 2 nitrogen and oxygen atoms in total. The Morgan fingerprint density at radius 3 is 2.16 bits per heavy atom. The summed E-state index contributed by atoms with van der Waals surface area (Å²) in [6.45, 7) is 6.05. The Balaban J connectivity index is 2.24. The van der Waals surface area contributed by atoms with Crippen LogP contribution in [0.25, 0.3) is 11.1 Å². The summed E-state index contributed by atoms with van der Waals surface area (Å²) in [6, 6.07) is 16.6. The van der Waals surface area contributed by atoms with Gasteiger partial charge in [-0.1, -0.05) is 30.3 Å². The van der Waals surface area contributed by atoms with Crippen LogP contribution in [0.4, 0.5) is 0 Å². The third-order valence-corrected chi connectivity index (χ3v) is 2.97. The summed E-state index contributed by atoms with van der Waals surface area (Å²) in [4.78, 5) is 0. The van der Waals surface area contributed by atoms with E-state index < -0.39 is 0 Å². The van der Waals surface area contributed by atoms with Crippen molar-refractivity contribution in [1.82, 2.24) is 0 Å². The maximum atomic E-state index is 5.92. The first-order valence-corrected chi connectivity index (χ1v) is 6.69. The molecular formula is C17H21NO. The van der Waals surface area contributed by atoms with Gasteiger partial charge in [-0.3, -0.25) is 0 Å². The highest BCUT2D eigenvalue weighted by Gasteiger charge is 2.03. The Morgan fingerprint density at radius 1 is 0.895 bits per heavy atom. The van der Waals surface area contributed by atoms with Crippen LogP contribution in [-0.2, 0) is 0 Å². The van der Waals surface area contributed by atoms with Gasteiger partial charge in [0.15, 0.2) is 0 Å². The van der Waals surface area contributed by atoms with E-state index >= 15 is 0 Å². The molecule has 0 radical (unpaired) electrons. The number of ether oxygens (including phenoxy) is 1. The van der Waals surface area contributed by atoms with Gasteiger partial charge in [-0.05, 0) is 55.7 Å². The van der Waals surface area contributed by atoms with Crippen molar-refractivity contribution in [2.75, 3.05) is 0 Å². The van der Waals surface area contributed by atoms with E-state index in [9.17, 15) is 0 Å². The van der Waals surface area contributed by atoms with Crippen molar-refractivity contribution in [3.63, 3.8) is 0 Å². The average molecular weight is 255 g/mol. The highest BCUT2D eigenvalue weighted by atomic mass is 16.5. The molecule has 2 N–H and O–H groups in total. The summed E-state index contributed by atoms with van der Waals surface area (Å²) < 4.78 is 5.65. The lowest BCUT2D eigenvalue weighted by molar-refractivity contribution is 0.242. The van der Waals surface area contributed by atoms with E-state index in [1.54, 1.807) is 0 Å². The molecule has 0 aliphatic heterocycles. The van der Waals surface area contributed by atoms with Crippen molar-refractivity contribution >= 4 is 0 Å². The molecule has 0 saturated carbocycles. The molecule has 2 rings (SSSR count). The van der Waals surface area contributed by atoms with Crippen LogP contribution >= 0.6 is 0 Å². The minimum Gasteiger partial charge on any atom is -0.491 e. The molecule has 2 heteroatoms. The van der Waals surface area contributed by atoms with Crippen LogP contribution in [0.1, 0.15) is 32.4 Å². The smallest absolute Gasteiger partial charge is 0.119 e. The second-order valence-corrected chi connectivity index (χ2v) is 5.11. The van der Waals surface area contributed by atoms with Gasteiger partial charge in [-0.2, -0.15) is 0 Å². The van der Waals surface area contributed by atoms with Crippen molar-refractivity contribution in [2.45, 2.75) is 32.9 Å². The molecule has 19 heavy (non-hydrogen) atoms. The van der Waals surface area contributed by atoms with E-state index in [0.717, 1.165) is 11.3 Å². The number of hydrogen-bond donors (Lipinski definition) is 1. The lowest BCUT2D eigenvalue weighted by Crippen LogP contribution is -2.05. The lowest BCUT2D eigenvalue weighted by Gasteiger charge is -2.11. The van der Waals surface area contributed by atoms with Crippen molar-refractivity contribution < 1.29 is 4.74 Å². The van der Waals surface area contributed by atoms with E-state index in [1.807, 2.05) is 39.0 Å². The first-order chi connectivity index (χ1) is 9.06. The van der Waals surface area contributed by atoms with Crippen LogP contribution in [0.5, 0.6) is 5.75 Å². The van der Waals surface area contributed by atoms with Gasteiger partial charge in [0, 0.05) is 6.04 Å². The van der Waals surface area contributed by atoms with Gasteiger partial charge in [-0.15, -0.1) is 0 Å². The van der Waals surface area contributed by atoms with Gasteiger partial charge in [0.25, 0.3) is 0 Å². The van der Waals surface area contributed by atoms with E-state index in [2.05, 4.69) is 30.3 Å². The monoisotopic (exact) mass is 255 g/mol. The largest absolute Gasteiger partial charge is 0.491 e. The summed E-state index contributed by atoms with van der Waals surface area (Å²) in [5, 5.41) is 0. The molecule has 0 aliphatic carbocycles. The Morgan fingerprint density at radius 2 is 1.58 bits per heavy atom. The molecule has 100 valence electrons. The molecule has 0 bridgehead atoms. The van der Waals surface area contributed by atoms with Crippen molar-refractivity contribution in [3.8, 4) is 16.9 Å². The predicted molar refractivity (Wildman–Crippen MR) is 80.2 cm³/mol. The molecular weight excluding hydrogens is 234 g/mol. The number of nitrogens with two attached hydrogens (primary N) is 1. The average Bonchev–Trinajstić information content (AvgIpc) is 2.39. The fraction of sp³-hybridized carbons (Fsp3) is 0.294. The SMILES string of the molecule is CC(C)Oc1ccc(-c2cccc(C(C)N)c2)cc1. The third kappa shape index (κ3) is 3.58. The summed E-state index contributed by atoms with van der Waals surface area (Å²) >= 11 is 0. The molecule has 2 aromatic rings. The highest BCUT2D eigenvalue weighted by Crippen LogP contribution is 2.25. The van der Waals surface area contributed by atoms with Crippen LogP contribution < -0.4 is 10.5 Å². The molecule has 1 atom stereocenters. The molecule has 0 amide bonds. The third-order valence-electron chi connectivity index (χ3n) is 2.97. The van der Waals surface area contributed by atoms with E-state index in [0.29, 0.717) is 0 Å². The summed E-state index contributed by atoms with van der Waals surface area (Å²) in [6.07, 6.45) is 0.201. The van der Waals surface area contributed by atoms with Crippen LogP contribution in [0.2, 0.25) is 0 Å². The van der Waals surface area contributed by atoms with Gasteiger partial charge in [0.2, 0.25) is 0 Å². The number of hydrogen-bond acceptors (Lipinski definition) is 2. The zero-order valence-corrected chi connectivity index (χ0v) is 11.8. The Labute approximate surface area is 115 Å². The molecule has 2 aromatic carbocycles. The van der Waals surface area contributed by atoms with E-state index in [1.165, 1.54) is 11.1 Å². The van der Waals surface area contributed by atoms with Gasteiger partial charge >= 0.3 is 0 Å². The molecule has 0 saturated heterocycles. The fourth-order valence-corrected chi connectivity index (χ4v) is 2.00. The first-order valence-electron chi connectivity index (χ1n) is 6.69. The van der Waals surface area contributed by atoms with Crippen molar-refractivity contribution in [3.05, 3.63) is 54.1 Å². The van der Waals surface area contributed by atoms with Gasteiger partial charge in [-0.25, -0.2) is 0 Å². The zero-order valence-electron chi connectivity index (χ0n) is 11.8. The summed E-state index contributed by atoms with van der Waals surface area (Å²) in [5.41, 5.74) is 9.44. The van der Waals surface area contributed by atoms with Gasteiger partial charge in [0.05, 0.1) is 6.10 Å². The lowest BCUT2D eigenvalue weighted by atomic mass is 10.0. The molecule has 0 aromatic heterocycles. The molecule has 0 aliphatic rings. The van der Waals surface area contributed by atoms with Crippen molar-refractivity contribution in [1.29, 1.82) is 0 Å². The quantitative estimate of drug-likeness (QED) is 0.890. The molecule has 0 spiro atoms. The standard InChI is InChI=1S/C17H21NO/c1-12(2)19-17-9-7-14(8-10-17)16-6-4-5-15(11-16)13(3)18/h4-13H,18H2,1-3H3. The Kier molecular flexibility index (Phi) is 4.23. The van der Waals surface area contributed by atoms with Crippen LogP contribution in [0, 0.1) is 0 Å². The minimum absolute atomic E-state index is 0.0588. The Bertz CT molecular complexity index is 529. The second kappa shape index (κ2) is 5.89. The highest BCUT2D eigenvalue weighted by molar-refractivity contribution is 5.65. The summed E-state index contributed by atoms with van der Waals surface area (Å²) in [5.74, 6) is 0.905. The fourth-order valence-electron chi connectivity index (χ4n) is 2.00. The number of rotatable bonds is 4. The van der Waals surface area contributed by atoms with Crippen molar-refractivity contribution in [2.24, 2.45) is 5.73 Å². The van der Waals surface area contributed by atoms with Crippen LogP contribution in [0.15, 0.2) is 48.5 Å². The first kappa shape index (κ1) is 13.6. The molecule has 0 heterocycles. The number of benzene rings is 2. The maximum Gasteiger partial charge on any atom is 0.119 e. The van der Waals surface area contributed by atoms with Gasteiger partial charge in [0.1, 0.15) is 5.75 Å².